The molecular weight excluding hydrogens is 306 g/mol. The van der Waals surface area contributed by atoms with Gasteiger partial charge in [-0.3, -0.25) is 0 Å². The fourth-order valence-electron chi connectivity index (χ4n) is 1.40. The summed E-state index contributed by atoms with van der Waals surface area (Å²) in [5, 5.41) is 0.496. The van der Waals surface area contributed by atoms with Crippen LogP contribution in [0.15, 0.2) is 40.9 Å². The maximum absolute atomic E-state index is 13.2. The van der Waals surface area contributed by atoms with E-state index in [1.54, 1.807) is 18.2 Å². The number of ether oxygens (including phenoxy) is 1. The quantitative estimate of drug-likeness (QED) is 0.726. The Morgan fingerprint density at radius 1 is 1.18 bits per heavy atom. The van der Waals surface area contributed by atoms with Gasteiger partial charge in [0.25, 0.3) is 0 Å². The van der Waals surface area contributed by atoms with Crippen molar-refractivity contribution in [3.05, 3.63) is 57.3 Å². The van der Waals surface area contributed by atoms with Crippen LogP contribution in [0.4, 0.5) is 4.39 Å². The van der Waals surface area contributed by atoms with Crippen LogP contribution in [0.25, 0.3) is 0 Å². The standard InChI is InChI=1S/C13H9BrClFO/c1-8-2-3-12(15)13(4-8)17-11-6-9(14)5-10(16)7-11/h2-7H,1H3. The molecule has 2 rings (SSSR count). The van der Waals surface area contributed by atoms with Gasteiger partial charge in [0, 0.05) is 10.5 Å². The van der Waals surface area contributed by atoms with Crippen molar-refractivity contribution in [2.24, 2.45) is 0 Å². The van der Waals surface area contributed by atoms with E-state index in [1.807, 2.05) is 13.0 Å². The van der Waals surface area contributed by atoms with Gasteiger partial charge in [-0.2, -0.15) is 0 Å². The predicted molar refractivity (Wildman–Crippen MR) is 70.4 cm³/mol. The first-order valence-corrected chi connectivity index (χ1v) is 6.12. The second kappa shape index (κ2) is 5.07. The van der Waals surface area contributed by atoms with Crippen LogP contribution in [0, 0.1) is 12.7 Å². The monoisotopic (exact) mass is 314 g/mol. The van der Waals surface area contributed by atoms with Crippen molar-refractivity contribution in [3.8, 4) is 11.5 Å². The third-order valence-corrected chi connectivity index (χ3v) is 2.92. The highest BCUT2D eigenvalue weighted by Gasteiger charge is 2.05. The molecule has 0 spiro atoms. The molecule has 88 valence electrons. The lowest BCUT2D eigenvalue weighted by molar-refractivity contribution is 0.476. The van der Waals surface area contributed by atoms with Gasteiger partial charge in [0.05, 0.1) is 5.02 Å². The third-order valence-electron chi connectivity index (χ3n) is 2.15. The maximum Gasteiger partial charge on any atom is 0.146 e. The summed E-state index contributed by atoms with van der Waals surface area (Å²) in [7, 11) is 0. The zero-order chi connectivity index (χ0) is 12.4. The van der Waals surface area contributed by atoms with E-state index in [-0.39, 0.29) is 5.82 Å². The molecule has 0 amide bonds. The van der Waals surface area contributed by atoms with E-state index in [0.29, 0.717) is 21.0 Å². The van der Waals surface area contributed by atoms with Crippen LogP contribution in [0.3, 0.4) is 0 Å². The summed E-state index contributed by atoms with van der Waals surface area (Å²) in [6.07, 6.45) is 0. The fourth-order valence-corrected chi connectivity index (χ4v) is 2.00. The largest absolute Gasteiger partial charge is 0.456 e. The van der Waals surface area contributed by atoms with E-state index in [2.05, 4.69) is 15.9 Å². The molecule has 0 aliphatic heterocycles. The van der Waals surface area contributed by atoms with Crippen molar-refractivity contribution < 1.29 is 9.13 Å². The maximum atomic E-state index is 13.2. The number of hydrogen-bond acceptors (Lipinski definition) is 1. The molecule has 0 atom stereocenters. The average Bonchev–Trinajstić information content (AvgIpc) is 2.22. The Hall–Kier alpha value is -1.06. The Labute approximate surface area is 112 Å². The van der Waals surface area contributed by atoms with Gasteiger partial charge >= 0.3 is 0 Å². The van der Waals surface area contributed by atoms with Crippen LogP contribution >= 0.6 is 27.5 Å². The molecule has 0 saturated carbocycles. The molecule has 2 aromatic carbocycles. The molecule has 17 heavy (non-hydrogen) atoms. The molecular formula is C13H9BrClFO. The minimum atomic E-state index is -0.363. The van der Waals surface area contributed by atoms with E-state index in [1.165, 1.54) is 12.1 Å². The Kier molecular flexibility index (Phi) is 3.69. The van der Waals surface area contributed by atoms with Crippen LogP contribution in [0.1, 0.15) is 5.56 Å². The summed E-state index contributed by atoms with van der Waals surface area (Å²) in [5.74, 6) is 0.562. The van der Waals surface area contributed by atoms with Gasteiger partial charge < -0.3 is 4.74 Å². The number of rotatable bonds is 2. The summed E-state index contributed by atoms with van der Waals surface area (Å²) in [6.45, 7) is 1.94. The molecule has 0 unspecified atom stereocenters. The van der Waals surface area contributed by atoms with Crippen molar-refractivity contribution in [2.75, 3.05) is 0 Å². The second-order valence-corrected chi connectivity index (χ2v) is 4.96. The minimum absolute atomic E-state index is 0.363. The van der Waals surface area contributed by atoms with Crippen molar-refractivity contribution in [1.82, 2.24) is 0 Å². The molecule has 0 aromatic heterocycles. The molecule has 4 heteroatoms. The van der Waals surface area contributed by atoms with Crippen LogP contribution in [0.2, 0.25) is 5.02 Å². The molecule has 1 nitrogen and oxygen atoms in total. The first-order chi connectivity index (χ1) is 8.04. The lowest BCUT2D eigenvalue weighted by Crippen LogP contribution is -1.87. The van der Waals surface area contributed by atoms with Gasteiger partial charge in [0.2, 0.25) is 0 Å². The number of benzene rings is 2. The molecule has 0 fully saturated rings. The molecule has 0 radical (unpaired) electrons. The van der Waals surface area contributed by atoms with E-state index in [0.717, 1.165) is 5.56 Å². The Morgan fingerprint density at radius 2 is 1.94 bits per heavy atom. The molecule has 0 aliphatic carbocycles. The van der Waals surface area contributed by atoms with Crippen molar-refractivity contribution in [3.63, 3.8) is 0 Å². The molecule has 0 aliphatic rings. The summed E-state index contributed by atoms with van der Waals surface area (Å²) < 4.78 is 19.3. The first-order valence-electron chi connectivity index (χ1n) is 4.95. The zero-order valence-corrected chi connectivity index (χ0v) is 11.3. The fraction of sp³-hybridized carbons (Fsp3) is 0.0769. The highest BCUT2D eigenvalue weighted by atomic mass is 79.9. The molecule has 0 heterocycles. The summed E-state index contributed by atoms with van der Waals surface area (Å²) >= 11 is 9.20. The van der Waals surface area contributed by atoms with Crippen molar-refractivity contribution in [1.29, 1.82) is 0 Å². The number of aryl methyl sites for hydroxylation is 1. The van der Waals surface area contributed by atoms with E-state index >= 15 is 0 Å². The Morgan fingerprint density at radius 3 is 2.65 bits per heavy atom. The van der Waals surface area contributed by atoms with Crippen LogP contribution in [-0.2, 0) is 0 Å². The summed E-state index contributed by atoms with van der Waals surface area (Å²) in [4.78, 5) is 0. The number of hydrogen-bond donors (Lipinski definition) is 0. The van der Waals surface area contributed by atoms with E-state index < -0.39 is 0 Å². The first kappa shape index (κ1) is 12.4. The van der Waals surface area contributed by atoms with Crippen LogP contribution in [0.5, 0.6) is 11.5 Å². The second-order valence-electron chi connectivity index (χ2n) is 3.64. The molecule has 0 N–H and O–H groups in total. The minimum Gasteiger partial charge on any atom is -0.456 e. The van der Waals surface area contributed by atoms with E-state index in [9.17, 15) is 4.39 Å². The van der Waals surface area contributed by atoms with Gasteiger partial charge in [-0.25, -0.2) is 4.39 Å². The number of halogens is 3. The Balaban J connectivity index is 2.34. The molecule has 0 bridgehead atoms. The smallest absolute Gasteiger partial charge is 0.146 e. The van der Waals surface area contributed by atoms with Gasteiger partial charge in [-0.1, -0.05) is 33.6 Å². The van der Waals surface area contributed by atoms with E-state index in [4.69, 9.17) is 16.3 Å². The average molecular weight is 316 g/mol. The van der Waals surface area contributed by atoms with Gasteiger partial charge in [-0.05, 0) is 36.8 Å². The zero-order valence-electron chi connectivity index (χ0n) is 9.01. The summed E-state index contributed by atoms with van der Waals surface area (Å²) in [6, 6.07) is 9.80. The van der Waals surface area contributed by atoms with Gasteiger partial charge in [0.15, 0.2) is 0 Å². The van der Waals surface area contributed by atoms with Gasteiger partial charge in [-0.15, -0.1) is 0 Å². The summed E-state index contributed by atoms with van der Waals surface area (Å²) in [5.41, 5.74) is 1.03. The lowest BCUT2D eigenvalue weighted by Gasteiger charge is -2.08. The highest BCUT2D eigenvalue weighted by Crippen LogP contribution is 2.31. The van der Waals surface area contributed by atoms with Crippen LogP contribution in [-0.4, -0.2) is 0 Å². The predicted octanol–water partition coefficient (Wildman–Crippen LogP) is 5.34. The SMILES string of the molecule is Cc1ccc(Cl)c(Oc2cc(F)cc(Br)c2)c1. The lowest BCUT2D eigenvalue weighted by atomic mass is 10.2. The molecule has 0 saturated heterocycles. The van der Waals surface area contributed by atoms with Crippen molar-refractivity contribution in [2.45, 2.75) is 6.92 Å². The molecule has 2 aromatic rings. The van der Waals surface area contributed by atoms with Crippen molar-refractivity contribution >= 4 is 27.5 Å². The normalized spacial score (nSPS) is 10.4. The third kappa shape index (κ3) is 3.20. The van der Waals surface area contributed by atoms with Crippen LogP contribution < -0.4 is 4.74 Å². The van der Waals surface area contributed by atoms with Gasteiger partial charge in [0.1, 0.15) is 17.3 Å². The highest BCUT2D eigenvalue weighted by molar-refractivity contribution is 9.10. The Bertz CT molecular complexity index is 537. The topological polar surface area (TPSA) is 9.23 Å².